The Balaban J connectivity index is 0.000000437. The first kappa shape index (κ1) is 14.8. The number of nitrogens with zero attached hydrogens (tertiary/aromatic N) is 3. The highest BCUT2D eigenvalue weighted by molar-refractivity contribution is 6.50. The molecule has 0 fully saturated rings. The molecular formula is C7H6BF4N3O2. The molecule has 0 radical (unpaired) electrons. The summed E-state index contributed by atoms with van der Waals surface area (Å²) in [5.41, 5.74) is 0.923. The van der Waals surface area contributed by atoms with E-state index >= 15 is 0 Å². The summed E-state index contributed by atoms with van der Waals surface area (Å²) in [6.07, 6.45) is 0. The number of rotatable bonds is 1. The van der Waals surface area contributed by atoms with E-state index in [1.54, 1.807) is 6.92 Å². The predicted molar refractivity (Wildman–Crippen MR) is 52.8 cm³/mol. The Labute approximate surface area is 92.9 Å². The molecule has 0 N–H and O–H groups in total. The first-order chi connectivity index (χ1) is 7.65. The summed E-state index contributed by atoms with van der Waals surface area (Å²) >= 11 is 0. The van der Waals surface area contributed by atoms with Crippen molar-refractivity contribution in [3.8, 4) is 0 Å². The molecule has 0 spiro atoms. The van der Waals surface area contributed by atoms with Crippen LogP contribution in [0.1, 0.15) is 5.56 Å². The zero-order chi connectivity index (χ0) is 13.6. The van der Waals surface area contributed by atoms with Crippen LogP contribution in [0.5, 0.6) is 0 Å². The van der Waals surface area contributed by atoms with Gasteiger partial charge in [-0.05, 0) is 6.92 Å². The normalized spacial score (nSPS) is 9.88. The molecule has 0 heterocycles. The van der Waals surface area contributed by atoms with Crippen LogP contribution >= 0.6 is 0 Å². The van der Waals surface area contributed by atoms with Gasteiger partial charge in [0, 0.05) is 18.2 Å². The van der Waals surface area contributed by atoms with Gasteiger partial charge in [-0.25, -0.2) is 0 Å². The topological polar surface area (TPSA) is 71.3 Å². The monoisotopic (exact) mass is 251 g/mol. The molecule has 0 bridgehead atoms. The average Bonchev–Trinajstić information content (AvgIpc) is 2.14. The Kier molecular flexibility index (Phi) is 5.05. The number of nitro groups is 1. The maximum absolute atomic E-state index is 10.3. The standard InChI is InChI=1S/C7H6N3O2.BF4/c1-5-4-6(10(11)12)2-3-7(5)9-8;2-1(3,4)5/h2-4H,1H3;/q+1;-1. The van der Waals surface area contributed by atoms with Crippen molar-refractivity contribution in [2.24, 2.45) is 0 Å². The van der Waals surface area contributed by atoms with Gasteiger partial charge in [-0.15, -0.1) is 0 Å². The van der Waals surface area contributed by atoms with E-state index in [4.69, 9.17) is 5.39 Å². The van der Waals surface area contributed by atoms with E-state index in [-0.39, 0.29) is 5.69 Å². The van der Waals surface area contributed by atoms with E-state index in [2.05, 4.69) is 4.98 Å². The number of hydrogen-bond acceptors (Lipinski definition) is 3. The fraction of sp³-hybridized carbons (Fsp3) is 0.143. The lowest BCUT2D eigenvalue weighted by Gasteiger charge is -1.94. The molecule has 92 valence electrons. The van der Waals surface area contributed by atoms with Crippen LogP contribution in [-0.2, 0) is 0 Å². The number of nitro benzene ring substituents is 1. The molecule has 17 heavy (non-hydrogen) atoms. The highest BCUT2D eigenvalue weighted by atomic mass is 19.5. The lowest BCUT2D eigenvalue weighted by atomic mass is 10.2. The van der Waals surface area contributed by atoms with Crippen LogP contribution < -0.4 is 0 Å². The van der Waals surface area contributed by atoms with Crippen molar-refractivity contribution in [1.29, 1.82) is 5.39 Å². The second-order valence-electron chi connectivity index (χ2n) is 2.82. The molecule has 0 aliphatic carbocycles. The second-order valence-corrected chi connectivity index (χ2v) is 2.82. The second kappa shape index (κ2) is 5.79. The van der Waals surface area contributed by atoms with Gasteiger partial charge in [0.25, 0.3) is 5.69 Å². The van der Waals surface area contributed by atoms with Crippen molar-refractivity contribution >= 4 is 18.6 Å². The Morgan fingerprint density at radius 2 is 1.82 bits per heavy atom. The molecule has 0 aliphatic rings. The van der Waals surface area contributed by atoms with E-state index in [9.17, 15) is 27.4 Å². The molecule has 1 aromatic carbocycles. The molecule has 1 rings (SSSR count). The van der Waals surface area contributed by atoms with E-state index in [0.29, 0.717) is 11.3 Å². The Bertz CT molecular complexity index is 451. The molecule has 1 aromatic rings. The SMILES string of the molecule is Cc1cc([N+](=O)[O-])ccc1[N+]#N.F[B-](F)(F)F. The Morgan fingerprint density at radius 3 is 2.12 bits per heavy atom. The number of benzene rings is 1. The maximum atomic E-state index is 10.3. The van der Waals surface area contributed by atoms with Gasteiger partial charge >= 0.3 is 12.9 Å². The van der Waals surface area contributed by atoms with Gasteiger partial charge in [-0.1, -0.05) is 0 Å². The van der Waals surface area contributed by atoms with Gasteiger partial charge in [0.2, 0.25) is 5.39 Å². The van der Waals surface area contributed by atoms with Crippen LogP contribution in [0.3, 0.4) is 0 Å². The summed E-state index contributed by atoms with van der Waals surface area (Å²) in [6, 6.07) is 4.05. The van der Waals surface area contributed by atoms with Crippen LogP contribution in [0.4, 0.5) is 28.6 Å². The van der Waals surface area contributed by atoms with Crippen molar-refractivity contribution in [1.82, 2.24) is 0 Å². The fourth-order valence-corrected chi connectivity index (χ4v) is 0.865. The van der Waals surface area contributed by atoms with Crippen LogP contribution in [0, 0.1) is 22.4 Å². The summed E-state index contributed by atoms with van der Waals surface area (Å²) in [5.74, 6) is 0. The number of non-ortho nitro benzene ring substituents is 1. The maximum Gasteiger partial charge on any atom is 0.673 e. The minimum atomic E-state index is -6.00. The summed E-state index contributed by atoms with van der Waals surface area (Å²) in [5, 5.41) is 18.7. The zero-order valence-electron chi connectivity index (χ0n) is 8.48. The van der Waals surface area contributed by atoms with Gasteiger partial charge in [0.15, 0.2) is 4.98 Å². The summed E-state index contributed by atoms with van der Waals surface area (Å²) < 4.78 is 39.0. The first-order valence-electron chi connectivity index (χ1n) is 4.12. The lowest BCUT2D eigenvalue weighted by molar-refractivity contribution is -0.384. The van der Waals surface area contributed by atoms with Crippen molar-refractivity contribution in [3.05, 3.63) is 38.9 Å². The third-order valence-corrected chi connectivity index (χ3v) is 1.50. The number of halogens is 4. The molecule has 0 unspecified atom stereocenters. The minimum absolute atomic E-state index is 0.0000926. The highest BCUT2D eigenvalue weighted by Gasteiger charge is 2.20. The first-order valence-corrected chi connectivity index (χ1v) is 4.12. The molecule has 5 nitrogen and oxygen atoms in total. The third-order valence-electron chi connectivity index (χ3n) is 1.50. The van der Waals surface area contributed by atoms with Crippen molar-refractivity contribution < 1.29 is 22.2 Å². The molecule has 0 aromatic heterocycles. The van der Waals surface area contributed by atoms with Crippen LogP contribution in [0.2, 0.25) is 0 Å². The van der Waals surface area contributed by atoms with Crippen LogP contribution in [0.15, 0.2) is 18.2 Å². The molecule has 10 heteroatoms. The zero-order valence-corrected chi connectivity index (χ0v) is 8.48. The lowest BCUT2D eigenvalue weighted by Crippen LogP contribution is -2.02. The molecular weight excluding hydrogens is 245 g/mol. The van der Waals surface area contributed by atoms with Gasteiger partial charge in [-0.3, -0.25) is 10.1 Å². The van der Waals surface area contributed by atoms with Gasteiger partial charge < -0.3 is 17.3 Å². The highest BCUT2D eigenvalue weighted by Crippen LogP contribution is 2.23. The Morgan fingerprint density at radius 1 is 1.35 bits per heavy atom. The number of aryl methyl sites for hydroxylation is 1. The summed E-state index contributed by atoms with van der Waals surface area (Å²) in [7, 11) is -6.00. The molecule has 0 saturated heterocycles. The van der Waals surface area contributed by atoms with Crippen LogP contribution in [-0.4, -0.2) is 12.2 Å². The third kappa shape index (κ3) is 6.83. The fourth-order valence-electron chi connectivity index (χ4n) is 0.865. The van der Waals surface area contributed by atoms with E-state index in [1.165, 1.54) is 18.2 Å². The predicted octanol–water partition coefficient (Wildman–Crippen LogP) is 3.69. The molecule has 0 saturated carbocycles. The number of diazo groups is 1. The molecule has 0 amide bonds. The smallest absolute Gasteiger partial charge is 0.418 e. The van der Waals surface area contributed by atoms with E-state index in [1.807, 2.05) is 0 Å². The molecule has 0 aliphatic heterocycles. The minimum Gasteiger partial charge on any atom is -0.418 e. The summed E-state index contributed by atoms with van der Waals surface area (Å²) in [6.45, 7) is 1.64. The summed E-state index contributed by atoms with van der Waals surface area (Å²) in [4.78, 5) is 12.7. The molecule has 0 atom stereocenters. The number of hydrogen-bond donors (Lipinski definition) is 0. The van der Waals surface area contributed by atoms with Gasteiger partial charge in [-0.2, -0.15) is 0 Å². The van der Waals surface area contributed by atoms with E-state index in [0.717, 1.165) is 0 Å². The van der Waals surface area contributed by atoms with Gasteiger partial charge in [0.05, 0.1) is 10.5 Å². The van der Waals surface area contributed by atoms with Crippen molar-refractivity contribution in [2.45, 2.75) is 6.92 Å². The Hall–Kier alpha value is -2.18. The van der Waals surface area contributed by atoms with Gasteiger partial charge in [0.1, 0.15) is 0 Å². The largest absolute Gasteiger partial charge is 0.673 e. The van der Waals surface area contributed by atoms with E-state index < -0.39 is 12.2 Å². The van der Waals surface area contributed by atoms with Crippen molar-refractivity contribution in [3.63, 3.8) is 0 Å². The van der Waals surface area contributed by atoms with Crippen LogP contribution in [0.25, 0.3) is 4.98 Å². The quantitative estimate of drug-likeness (QED) is 0.251. The van der Waals surface area contributed by atoms with Crippen molar-refractivity contribution in [2.75, 3.05) is 0 Å². The average molecular weight is 251 g/mol.